The molecule has 5 nitrogen and oxygen atoms in total. The van der Waals surface area contributed by atoms with Crippen molar-refractivity contribution in [2.45, 2.75) is 22.9 Å². The van der Waals surface area contributed by atoms with Crippen molar-refractivity contribution in [2.24, 2.45) is 0 Å². The second-order valence-corrected chi connectivity index (χ2v) is 5.59. The number of aromatic nitrogens is 3. The third-order valence-corrected chi connectivity index (χ3v) is 3.97. The molecule has 1 aromatic carbocycles. The summed E-state index contributed by atoms with van der Waals surface area (Å²) < 4.78 is 10.7. The molecule has 2 aromatic heterocycles. The average molecular weight is 278 g/mol. The van der Waals surface area contributed by atoms with Crippen LogP contribution in [0.2, 0.25) is 0 Å². The van der Waals surface area contributed by atoms with Crippen molar-refractivity contribution in [3.63, 3.8) is 0 Å². The van der Waals surface area contributed by atoms with Crippen molar-refractivity contribution in [2.75, 3.05) is 5.73 Å². The van der Waals surface area contributed by atoms with Gasteiger partial charge in [0.1, 0.15) is 11.3 Å². The maximum Gasteiger partial charge on any atom is 0.264 e. The molecule has 3 aromatic rings. The fourth-order valence-electron chi connectivity index (χ4n) is 1.46. The maximum atomic E-state index is 5.69. The molecule has 0 aliphatic heterocycles. The Morgan fingerprint density at radius 2 is 2.28 bits per heavy atom. The van der Waals surface area contributed by atoms with Crippen molar-refractivity contribution in [1.82, 2.24) is 14.3 Å². The second kappa shape index (κ2) is 4.58. The van der Waals surface area contributed by atoms with Gasteiger partial charge in [0.25, 0.3) is 5.22 Å². The third kappa shape index (κ3) is 2.19. The highest BCUT2D eigenvalue weighted by atomic mass is 32.2. The number of benzene rings is 1. The first-order valence-corrected chi connectivity index (χ1v) is 7.00. The number of hydrogen-bond donors (Lipinski definition) is 1. The summed E-state index contributed by atoms with van der Waals surface area (Å²) in [7, 11) is 0. The lowest BCUT2D eigenvalue weighted by Gasteiger charge is -1.88. The lowest BCUT2D eigenvalue weighted by molar-refractivity contribution is 0.489. The van der Waals surface area contributed by atoms with Gasteiger partial charge in [-0.05, 0) is 23.7 Å². The minimum atomic E-state index is 0.564. The van der Waals surface area contributed by atoms with Crippen LogP contribution < -0.4 is 5.73 Å². The van der Waals surface area contributed by atoms with E-state index >= 15 is 0 Å². The van der Waals surface area contributed by atoms with E-state index < -0.39 is 0 Å². The minimum Gasteiger partial charge on any atom is -0.431 e. The summed E-state index contributed by atoms with van der Waals surface area (Å²) in [5, 5.41) is 0.564. The summed E-state index contributed by atoms with van der Waals surface area (Å²) in [6.07, 6.45) is 0.834. The first-order valence-electron chi connectivity index (χ1n) is 5.41. The number of nitrogens with zero attached hydrogens (tertiary/aromatic N) is 3. The Bertz CT molecular complexity index is 691. The third-order valence-electron chi connectivity index (χ3n) is 2.33. The highest BCUT2D eigenvalue weighted by molar-refractivity contribution is 8.00. The molecular formula is C11H10N4OS2. The number of hydrogen-bond acceptors (Lipinski definition) is 7. The van der Waals surface area contributed by atoms with E-state index in [9.17, 15) is 0 Å². The minimum absolute atomic E-state index is 0.564. The van der Waals surface area contributed by atoms with E-state index in [0.717, 1.165) is 22.1 Å². The molecule has 0 aliphatic rings. The molecule has 0 fully saturated rings. The molecule has 2 N–H and O–H groups in total. The van der Waals surface area contributed by atoms with Crippen molar-refractivity contribution in [3.8, 4) is 0 Å². The molecule has 0 saturated heterocycles. The van der Waals surface area contributed by atoms with Gasteiger partial charge in [-0.3, -0.25) is 0 Å². The van der Waals surface area contributed by atoms with Crippen molar-refractivity contribution in [1.29, 1.82) is 0 Å². The van der Waals surface area contributed by atoms with E-state index in [2.05, 4.69) is 14.3 Å². The Morgan fingerprint density at radius 1 is 1.39 bits per heavy atom. The topological polar surface area (TPSA) is 77.8 Å². The van der Waals surface area contributed by atoms with E-state index in [4.69, 9.17) is 10.2 Å². The molecule has 0 amide bonds. The van der Waals surface area contributed by atoms with Gasteiger partial charge in [-0.1, -0.05) is 6.92 Å². The molecule has 0 saturated carbocycles. The number of nitrogens with two attached hydrogens (primary N) is 1. The zero-order valence-electron chi connectivity index (χ0n) is 9.58. The SMILES string of the molecule is CCc1nsc(Sc2nc3ccc(N)cc3o2)n1. The van der Waals surface area contributed by atoms with Gasteiger partial charge in [-0.2, -0.15) is 4.37 Å². The molecule has 0 unspecified atom stereocenters. The number of aryl methyl sites for hydroxylation is 1. The van der Waals surface area contributed by atoms with E-state index in [-0.39, 0.29) is 0 Å². The fraction of sp³-hybridized carbons (Fsp3) is 0.182. The average Bonchev–Trinajstić information content (AvgIpc) is 2.95. The normalized spacial score (nSPS) is 11.2. The summed E-state index contributed by atoms with van der Waals surface area (Å²) in [5.41, 5.74) is 7.85. The van der Waals surface area contributed by atoms with Crippen LogP contribution in [0.15, 0.2) is 32.2 Å². The van der Waals surface area contributed by atoms with Gasteiger partial charge >= 0.3 is 0 Å². The Morgan fingerprint density at radius 3 is 3.06 bits per heavy atom. The van der Waals surface area contributed by atoms with Crippen LogP contribution in [0.25, 0.3) is 11.1 Å². The predicted octanol–water partition coefficient (Wildman–Crippen LogP) is 2.98. The lowest BCUT2D eigenvalue weighted by Crippen LogP contribution is -1.81. The van der Waals surface area contributed by atoms with Gasteiger partial charge in [-0.25, -0.2) is 9.97 Å². The largest absolute Gasteiger partial charge is 0.431 e. The van der Waals surface area contributed by atoms with E-state index in [1.807, 2.05) is 13.0 Å². The predicted molar refractivity (Wildman–Crippen MR) is 71.8 cm³/mol. The molecule has 0 aliphatic carbocycles. The van der Waals surface area contributed by atoms with Crippen LogP contribution in [0.5, 0.6) is 0 Å². The zero-order valence-corrected chi connectivity index (χ0v) is 11.2. The van der Waals surface area contributed by atoms with E-state index in [1.54, 1.807) is 12.1 Å². The van der Waals surface area contributed by atoms with Gasteiger partial charge in [0.05, 0.1) is 0 Å². The van der Waals surface area contributed by atoms with Crippen LogP contribution in [0, 0.1) is 0 Å². The second-order valence-electron chi connectivity index (χ2n) is 3.64. The van der Waals surface area contributed by atoms with Gasteiger partial charge in [-0.15, -0.1) is 0 Å². The number of fused-ring (bicyclic) bond motifs is 1. The monoisotopic (exact) mass is 278 g/mol. The summed E-state index contributed by atoms with van der Waals surface area (Å²) in [4.78, 5) is 8.72. The number of nitrogen functional groups attached to an aromatic ring is 1. The van der Waals surface area contributed by atoms with E-state index in [0.29, 0.717) is 16.5 Å². The van der Waals surface area contributed by atoms with Crippen LogP contribution in [-0.4, -0.2) is 14.3 Å². The molecular weight excluding hydrogens is 268 g/mol. The molecule has 18 heavy (non-hydrogen) atoms. The van der Waals surface area contributed by atoms with Gasteiger partial charge < -0.3 is 10.2 Å². The molecule has 0 bridgehead atoms. The Balaban J connectivity index is 1.90. The molecule has 92 valence electrons. The maximum absolute atomic E-state index is 5.69. The summed E-state index contributed by atoms with van der Waals surface area (Å²) in [5.74, 6) is 0.850. The highest BCUT2D eigenvalue weighted by Gasteiger charge is 2.11. The van der Waals surface area contributed by atoms with Crippen molar-refractivity contribution < 1.29 is 4.42 Å². The number of rotatable bonds is 3. The summed E-state index contributed by atoms with van der Waals surface area (Å²) in [6.45, 7) is 2.03. The molecule has 0 spiro atoms. The molecule has 2 heterocycles. The van der Waals surface area contributed by atoms with Gasteiger partial charge in [0.15, 0.2) is 9.92 Å². The molecule has 7 heteroatoms. The zero-order chi connectivity index (χ0) is 12.5. The number of anilines is 1. The van der Waals surface area contributed by atoms with Crippen LogP contribution in [0.3, 0.4) is 0 Å². The Hall–Kier alpha value is -1.60. The van der Waals surface area contributed by atoms with E-state index in [1.165, 1.54) is 23.3 Å². The summed E-state index contributed by atoms with van der Waals surface area (Å²) in [6, 6.07) is 5.42. The van der Waals surface area contributed by atoms with Crippen molar-refractivity contribution >= 4 is 40.1 Å². The van der Waals surface area contributed by atoms with Crippen LogP contribution in [0.1, 0.15) is 12.7 Å². The standard InChI is InChI=1S/C11H10N4OS2/c1-2-9-14-11(18-15-9)17-10-13-7-4-3-6(12)5-8(7)16-10/h3-5H,2,12H2,1H3. The number of oxazole rings is 1. The van der Waals surface area contributed by atoms with Crippen LogP contribution in [0.4, 0.5) is 5.69 Å². The smallest absolute Gasteiger partial charge is 0.264 e. The quantitative estimate of drug-likeness (QED) is 0.742. The van der Waals surface area contributed by atoms with Crippen LogP contribution >= 0.6 is 23.3 Å². The molecule has 3 rings (SSSR count). The molecule has 0 radical (unpaired) electrons. The van der Waals surface area contributed by atoms with Gasteiger partial charge in [0, 0.05) is 29.9 Å². The first kappa shape index (κ1) is 11.5. The Labute approximate surface area is 112 Å². The van der Waals surface area contributed by atoms with Gasteiger partial charge in [0.2, 0.25) is 0 Å². The molecule has 0 atom stereocenters. The lowest BCUT2D eigenvalue weighted by atomic mass is 10.3. The Kier molecular flexibility index (Phi) is 2.92. The highest BCUT2D eigenvalue weighted by Crippen LogP contribution is 2.31. The van der Waals surface area contributed by atoms with Crippen LogP contribution in [-0.2, 0) is 6.42 Å². The first-order chi connectivity index (χ1) is 8.74. The summed E-state index contributed by atoms with van der Waals surface area (Å²) >= 11 is 2.74. The fourth-order valence-corrected chi connectivity index (χ4v) is 3.01. The van der Waals surface area contributed by atoms with Crippen molar-refractivity contribution in [3.05, 3.63) is 24.0 Å².